The number of rotatable bonds is 8. The molecule has 2 heterocycles. The molecule has 0 atom stereocenters. The van der Waals surface area contributed by atoms with Gasteiger partial charge in [0.15, 0.2) is 21.3 Å². The zero-order valence-electron chi connectivity index (χ0n) is 16.8. The first-order valence-corrected chi connectivity index (χ1v) is 11.9. The van der Waals surface area contributed by atoms with Crippen LogP contribution in [0.15, 0.2) is 58.4 Å². The van der Waals surface area contributed by atoms with Crippen LogP contribution in [-0.4, -0.2) is 37.8 Å². The number of benzene rings is 2. The van der Waals surface area contributed by atoms with Gasteiger partial charge in [-0.1, -0.05) is 35.5 Å². The van der Waals surface area contributed by atoms with Crippen LogP contribution in [0.1, 0.15) is 11.6 Å². The third kappa shape index (κ3) is 4.92. The Morgan fingerprint density at radius 3 is 2.45 bits per heavy atom. The van der Waals surface area contributed by atoms with Crippen LogP contribution < -0.4 is 9.47 Å². The molecule has 4 aromatic rings. The second-order valence-corrected chi connectivity index (χ2v) is 9.55. The number of sulfone groups is 1. The predicted molar refractivity (Wildman–Crippen MR) is 117 cm³/mol. The maximum absolute atomic E-state index is 12.6. The molecule has 31 heavy (non-hydrogen) atoms. The van der Waals surface area contributed by atoms with Gasteiger partial charge in [0.25, 0.3) is 0 Å². The highest BCUT2D eigenvalue weighted by Gasteiger charge is 2.21. The van der Waals surface area contributed by atoms with E-state index in [1.165, 1.54) is 18.4 Å². The van der Waals surface area contributed by atoms with Crippen molar-refractivity contribution >= 4 is 21.2 Å². The molecule has 0 unspecified atom stereocenters. The van der Waals surface area contributed by atoms with Crippen molar-refractivity contribution in [1.29, 1.82) is 0 Å². The summed E-state index contributed by atoms with van der Waals surface area (Å²) in [5.74, 6) is 0.789. The lowest BCUT2D eigenvalue weighted by molar-refractivity contribution is 0.355. The molecule has 0 saturated heterocycles. The zero-order chi connectivity index (χ0) is 21.8. The first kappa shape index (κ1) is 21.0. The van der Waals surface area contributed by atoms with E-state index >= 15 is 0 Å². The number of hydrogen-bond donors (Lipinski definition) is 0. The van der Waals surface area contributed by atoms with E-state index in [2.05, 4.69) is 15.1 Å². The van der Waals surface area contributed by atoms with Gasteiger partial charge in [0, 0.05) is 16.5 Å². The summed E-state index contributed by atoms with van der Waals surface area (Å²) in [6.07, 6.45) is 0. The fourth-order valence-electron chi connectivity index (χ4n) is 2.96. The zero-order valence-corrected chi connectivity index (χ0v) is 18.4. The number of thiazole rings is 1. The summed E-state index contributed by atoms with van der Waals surface area (Å²) in [4.78, 5) is 8.66. The lowest BCUT2D eigenvalue weighted by Gasteiger charge is -2.07. The van der Waals surface area contributed by atoms with Gasteiger partial charge in [0.05, 0.1) is 25.7 Å². The average molecular weight is 458 g/mol. The van der Waals surface area contributed by atoms with Gasteiger partial charge >= 0.3 is 0 Å². The first-order valence-electron chi connectivity index (χ1n) is 9.22. The van der Waals surface area contributed by atoms with Crippen molar-refractivity contribution in [1.82, 2.24) is 15.1 Å². The Morgan fingerprint density at radius 2 is 1.71 bits per heavy atom. The smallest absolute Gasteiger partial charge is 0.242 e. The Balaban J connectivity index is 1.47. The van der Waals surface area contributed by atoms with E-state index in [0.717, 1.165) is 10.6 Å². The van der Waals surface area contributed by atoms with E-state index in [4.69, 9.17) is 14.0 Å². The third-order valence-corrected chi connectivity index (χ3v) is 6.76. The Kier molecular flexibility index (Phi) is 6.01. The molecule has 2 aromatic carbocycles. The minimum atomic E-state index is -3.55. The summed E-state index contributed by atoms with van der Waals surface area (Å²) >= 11 is 1.41. The van der Waals surface area contributed by atoms with Gasteiger partial charge in [-0.25, -0.2) is 13.4 Å². The second-order valence-electron chi connectivity index (χ2n) is 6.62. The van der Waals surface area contributed by atoms with Crippen LogP contribution in [0.4, 0.5) is 0 Å². The monoisotopic (exact) mass is 457 g/mol. The molecule has 160 valence electrons. The van der Waals surface area contributed by atoms with Crippen molar-refractivity contribution in [3.63, 3.8) is 0 Å². The van der Waals surface area contributed by atoms with E-state index < -0.39 is 9.84 Å². The highest BCUT2D eigenvalue weighted by Crippen LogP contribution is 2.31. The van der Waals surface area contributed by atoms with Crippen LogP contribution in [0, 0.1) is 0 Å². The van der Waals surface area contributed by atoms with Gasteiger partial charge in [-0.05, 0) is 18.2 Å². The van der Waals surface area contributed by atoms with Crippen LogP contribution >= 0.6 is 11.3 Å². The molecule has 4 rings (SSSR count). The number of methoxy groups -OCH3 is 2. The normalized spacial score (nSPS) is 11.4. The maximum Gasteiger partial charge on any atom is 0.242 e. The van der Waals surface area contributed by atoms with Crippen molar-refractivity contribution in [3.05, 3.63) is 65.5 Å². The van der Waals surface area contributed by atoms with Gasteiger partial charge in [0.2, 0.25) is 11.7 Å². The SMILES string of the molecule is COc1ccc(-c2noc(CS(=O)(=O)Cc3csc(-c4ccccc4)n3)n2)cc1OC. The Labute approximate surface area is 183 Å². The highest BCUT2D eigenvalue weighted by atomic mass is 32.2. The first-order chi connectivity index (χ1) is 15.0. The molecule has 0 aliphatic carbocycles. The van der Waals surface area contributed by atoms with Gasteiger partial charge < -0.3 is 14.0 Å². The Hall–Kier alpha value is -3.24. The van der Waals surface area contributed by atoms with E-state index in [-0.39, 0.29) is 23.2 Å². The number of ether oxygens (including phenoxy) is 2. The fraction of sp³-hybridized carbons (Fsp3) is 0.190. The minimum absolute atomic E-state index is 0.0169. The standard InChI is InChI=1S/C21H19N3O5S2/c1-27-17-9-8-15(10-18(17)28-2)20-23-19(29-24-20)13-31(25,26)12-16-11-30-21(22-16)14-6-4-3-5-7-14/h3-11H,12-13H2,1-2H3. The van der Waals surface area contributed by atoms with Crippen molar-refractivity contribution in [2.24, 2.45) is 0 Å². The van der Waals surface area contributed by atoms with Crippen LogP contribution in [0.5, 0.6) is 11.5 Å². The fourth-order valence-corrected chi connectivity index (χ4v) is 5.08. The summed E-state index contributed by atoms with van der Waals surface area (Å²) in [5, 5.41) is 6.42. The minimum Gasteiger partial charge on any atom is -0.493 e. The molecule has 0 fully saturated rings. The van der Waals surface area contributed by atoms with Crippen molar-refractivity contribution in [3.8, 4) is 33.5 Å². The maximum atomic E-state index is 12.6. The van der Waals surface area contributed by atoms with Crippen molar-refractivity contribution in [2.45, 2.75) is 11.5 Å². The van der Waals surface area contributed by atoms with Crippen LogP contribution in [0.25, 0.3) is 22.0 Å². The number of nitrogens with zero attached hydrogens (tertiary/aromatic N) is 3. The lowest BCUT2D eigenvalue weighted by atomic mass is 10.2. The largest absolute Gasteiger partial charge is 0.493 e. The van der Waals surface area contributed by atoms with E-state index in [0.29, 0.717) is 22.8 Å². The molecule has 0 bridgehead atoms. The molecule has 0 aliphatic heterocycles. The summed E-state index contributed by atoms with van der Waals surface area (Å²) in [6.45, 7) is 0. The molecule has 0 amide bonds. The van der Waals surface area contributed by atoms with Crippen LogP contribution in [0.2, 0.25) is 0 Å². The molecular formula is C21H19N3O5S2. The van der Waals surface area contributed by atoms with E-state index in [1.54, 1.807) is 30.7 Å². The topological polar surface area (TPSA) is 104 Å². The van der Waals surface area contributed by atoms with Gasteiger partial charge in [-0.2, -0.15) is 4.98 Å². The summed E-state index contributed by atoms with van der Waals surface area (Å²) < 4.78 is 40.9. The third-order valence-electron chi connectivity index (χ3n) is 4.39. The molecule has 0 radical (unpaired) electrons. The second kappa shape index (κ2) is 8.86. The van der Waals surface area contributed by atoms with Gasteiger partial charge in [-0.3, -0.25) is 0 Å². The van der Waals surface area contributed by atoms with Crippen molar-refractivity contribution < 1.29 is 22.4 Å². The molecule has 2 aromatic heterocycles. The molecule has 8 nitrogen and oxygen atoms in total. The predicted octanol–water partition coefficient (Wildman–Crippen LogP) is 3.99. The summed E-state index contributed by atoms with van der Waals surface area (Å²) in [7, 11) is -0.479. The molecule has 0 N–H and O–H groups in total. The molecular weight excluding hydrogens is 438 g/mol. The molecule has 0 spiro atoms. The summed E-state index contributed by atoms with van der Waals surface area (Å²) in [6, 6.07) is 14.8. The number of hydrogen-bond acceptors (Lipinski definition) is 9. The lowest BCUT2D eigenvalue weighted by Crippen LogP contribution is -2.08. The van der Waals surface area contributed by atoms with Gasteiger partial charge in [0.1, 0.15) is 10.8 Å². The molecule has 0 saturated carbocycles. The van der Waals surface area contributed by atoms with E-state index in [1.807, 2.05) is 30.3 Å². The highest BCUT2D eigenvalue weighted by molar-refractivity contribution is 7.89. The molecule has 0 aliphatic rings. The van der Waals surface area contributed by atoms with E-state index in [9.17, 15) is 8.42 Å². The average Bonchev–Trinajstić information content (AvgIpc) is 3.43. The molecule has 10 heteroatoms. The Morgan fingerprint density at radius 1 is 0.935 bits per heavy atom. The number of aromatic nitrogens is 3. The Bertz CT molecular complexity index is 1280. The van der Waals surface area contributed by atoms with Crippen LogP contribution in [-0.2, 0) is 21.3 Å². The van der Waals surface area contributed by atoms with Crippen LogP contribution in [0.3, 0.4) is 0 Å². The van der Waals surface area contributed by atoms with Crippen molar-refractivity contribution in [2.75, 3.05) is 14.2 Å². The summed E-state index contributed by atoms with van der Waals surface area (Å²) in [5.41, 5.74) is 2.06. The quantitative estimate of drug-likeness (QED) is 0.391. The van der Waals surface area contributed by atoms with Gasteiger partial charge in [-0.15, -0.1) is 11.3 Å².